The summed E-state index contributed by atoms with van der Waals surface area (Å²) >= 11 is 0. The Hall–Kier alpha value is -2.10. The van der Waals surface area contributed by atoms with Gasteiger partial charge in [-0.25, -0.2) is 0 Å². The summed E-state index contributed by atoms with van der Waals surface area (Å²) in [6, 6.07) is 8.45. The average Bonchev–Trinajstić information content (AvgIpc) is 2.75. The van der Waals surface area contributed by atoms with Crippen molar-refractivity contribution in [3.05, 3.63) is 54.5 Å². The molecular formula is C18H28N4. The third kappa shape index (κ3) is 4.72. The van der Waals surface area contributed by atoms with Crippen LogP contribution in [0.4, 0.5) is 5.69 Å². The molecule has 2 rings (SSSR count). The summed E-state index contributed by atoms with van der Waals surface area (Å²) in [6.45, 7) is 14.9. The number of rotatable bonds is 8. The number of nitrogens with zero attached hydrogens (tertiary/aromatic N) is 1. The van der Waals surface area contributed by atoms with Crippen LogP contribution in [-0.2, 0) is 6.54 Å². The monoisotopic (exact) mass is 300 g/mol. The van der Waals surface area contributed by atoms with Crippen LogP contribution in [0.3, 0.4) is 0 Å². The van der Waals surface area contributed by atoms with Gasteiger partial charge in [0.15, 0.2) is 0 Å². The van der Waals surface area contributed by atoms with E-state index in [0.717, 1.165) is 37.7 Å². The van der Waals surface area contributed by atoms with Gasteiger partial charge in [-0.15, -0.1) is 0 Å². The Kier molecular flexibility index (Phi) is 6.19. The second-order valence-corrected chi connectivity index (χ2v) is 5.69. The number of benzene rings is 1. The Labute approximate surface area is 134 Å². The molecule has 0 aromatic heterocycles. The van der Waals surface area contributed by atoms with Crippen LogP contribution in [0.1, 0.15) is 25.3 Å². The van der Waals surface area contributed by atoms with Crippen LogP contribution < -0.4 is 16.0 Å². The number of fused-ring (bicyclic) bond motifs is 1. The minimum atomic E-state index is 0.716. The molecule has 4 nitrogen and oxygen atoms in total. The Morgan fingerprint density at radius 3 is 2.91 bits per heavy atom. The maximum Gasteiger partial charge on any atom is 0.0945 e. The van der Waals surface area contributed by atoms with Crippen molar-refractivity contribution in [2.24, 2.45) is 0 Å². The minimum Gasteiger partial charge on any atom is -0.387 e. The first-order chi connectivity index (χ1) is 10.7. The first-order valence-corrected chi connectivity index (χ1v) is 8.12. The summed E-state index contributed by atoms with van der Waals surface area (Å²) < 4.78 is 0. The van der Waals surface area contributed by atoms with Crippen molar-refractivity contribution in [3.8, 4) is 0 Å². The van der Waals surface area contributed by atoms with Crippen LogP contribution in [0.5, 0.6) is 0 Å². The molecule has 0 aliphatic carbocycles. The predicted octanol–water partition coefficient (Wildman–Crippen LogP) is 2.88. The maximum atomic E-state index is 4.18. The highest BCUT2D eigenvalue weighted by molar-refractivity contribution is 5.51. The molecule has 1 aromatic carbocycles. The molecule has 1 aliphatic rings. The first kappa shape index (κ1) is 16.3. The Morgan fingerprint density at radius 1 is 1.27 bits per heavy atom. The van der Waals surface area contributed by atoms with Gasteiger partial charge in [0, 0.05) is 37.6 Å². The van der Waals surface area contributed by atoms with Crippen molar-refractivity contribution in [2.75, 3.05) is 31.5 Å². The quantitative estimate of drug-likeness (QED) is 0.646. The van der Waals surface area contributed by atoms with Gasteiger partial charge >= 0.3 is 0 Å². The molecule has 0 fully saturated rings. The van der Waals surface area contributed by atoms with E-state index in [-0.39, 0.29) is 0 Å². The van der Waals surface area contributed by atoms with Crippen LogP contribution in [0.15, 0.2) is 48.9 Å². The summed E-state index contributed by atoms with van der Waals surface area (Å²) in [5.74, 6) is 0.956. The summed E-state index contributed by atoms with van der Waals surface area (Å²) in [6.07, 6.45) is 2.37. The molecule has 22 heavy (non-hydrogen) atoms. The number of hydrogen-bond acceptors (Lipinski definition) is 4. The van der Waals surface area contributed by atoms with E-state index in [9.17, 15) is 0 Å². The lowest BCUT2D eigenvalue weighted by Gasteiger charge is -2.26. The summed E-state index contributed by atoms with van der Waals surface area (Å²) in [5, 5.41) is 10.2. The molecule has 3 N–H and O–H groups in total. The van der Waals surface area contributed by atoms with E-state index in [1.54, 1.807) is 0 Å². The molecule has 0 atom stereocenters. The molecule has 0 amide bonds. The van der Waals surface area contributed by atoms with Gasteiger partial charge in [0.2, 0.25) is 0 Å². The zero-order valence-corrected chi connectivity index (χ0v) is 13.6. The fourth-order valence-corrected chi connectivity index (χ4v) is 2.50. The Balaban J connectivity index is 1.81. The SMILES string of the molecule is C=C(CNC(=C)N1CCNc2ccccc2C1)NCCCC. The van der Waals surface area contributed by atoms with E-state index in [4.69, 9.17) is 0 Å². The molecule has 1 aliphatic heterocycles. The Morgan fingerprint density at radius 2 is 2.09 bits per heavy atom. The molecule has 0 radical (unpaired) electrons. The Bertz CT molecular complexity index is 510. The van der Waals surface area contributed by atoms with Crippen molar-refractivity contribution >= 4 is 5.69 Å². The average molecular weight is 300 g/mol. The van der Waals surface area contributed by atoms with Crippen LogP contribution >= 0.6 is 0 Å². The zero-order valence-electron chi connectivity index (χ0n) is 13.6. The third-order valence-electron chi connectivity index (χ3n) is 3.87. The van der Waals surface area contributed by atoms with Gasteiger partial charge in [0.1, 0.15) is 0 Å². The van der Waals surface area contributed by atoms with Crippen molar-refractivity contribution in [3.63, 3.8) is 0 Å². The third-order valence-corrected chi connectivity index (χ3v) is 3.87. The molecule has 0 unspecified atom stereocenters. The lowest BCUT2D eigenvalue weighted by Crippen LogP contribution is -2.35. The topological polar surface area (TPSA) is 39.3 Å². The van der Waals surface area contributed by atoms with Gasteiger partial charge in [-0.1, -0.05) is 44.7 Å². The predicted molar refractivity (Wildman–Crippen MR) is 94.5 cm³/mol. The van der Waals surface area contributed by atoms with Gasteiger partial charge in [-0.2, -0.15) is 0 Å². The van der Waals surface area contributed by atoms with Crippen molar-refractivity contribution in [2.45, 2.75) is 26.3 Å². The molecule has 4 heteroatoms. The van der Waals surface area contributed by atoms with Crippen LogP contribution in [0.2, 0.25) is 0 Å². The van der Waals surface area contributed by atoms with E-state index in [1.165, 1.54) is 24.1 Å². The number of anilines is 1. The molecule has 1 heterocycles. The van der Waals surface area contributed by atoms with Gasteiger partial charge in [0.25, 0.3) is 0 Å². The first-order valence-electron chi connectivity index (χ1n) is 8.12. The normalized spacial score (nSPS) is 13.6. The highest BCUT2D eigenvalue weighted by Gasteiger charge is 2.14. The largest absolute Gasteiger partial charge is 0.387 e. The van der Waals surface area contributed by atoms with Crippen molar-refractivity contribution < 1.29 is 0 Å². The fourth-order valence-electron chi connectivity index (χ4n) is 2.50. The smallest absolute Gasteiger partial charge is 0.0945 e. The van der Waals surface area contributed by atoms with E-state index in [2.05, 4.69) is 65.2 Å². The summed E-state index contributed by atoms with van der Waals surface area (Å²) in [5.41, 5.74) is 3.55. The van der Waals surface area contributed by atoms with E-state index < -0.39 is 0 Å². The number of unbranched alkanes of at least 4 members (excludes halogenated alkanes) is 1. The zero-order chi connectivity index (χ0) is 15.8. The molecule has 1 aromatic rings. The number of para-hydroxylation sites is 1. The van der Waals surface area contributed by atoms with Crippen LogP contribution in [-0.4, -0.2) is 31.1 Å². The maximum absolute atomic E-state index is 4.18. The molecule has 0 bridgehead atoms. The van der Waals surface area contributed by atoms with Crippen molar-refractivity contribution in [1.29, 1.82) is 0 Å². The fraction of sp³-hybridized carbons (Fsp3) is 0.444. The highest BCUT2D eigenvalue weighted by Crippen LogP contribution is 2.20. The lowest BCUT2D eigenvalue weighted by atomic mass is 10.2. The summed E-state index contributed by atoms with van der Waals surface area (Å²) in [4.78, 5) is 2.28. The van der Waals surface area contributed by atoms with Crippen molar-refractivity contribution in [1.82, 2.24) is 15.5 Å². The van der Waals surface area contributed by atoms with Crippen LogP contribution in [0, 0.1) is 0 Å². The van der Waals surface area contributed by atoms with Crippen LogP contribution in [0.25, 0.3) is 0 Å². The van der Waals surface area contributed by atoms with Gasteiger partial charge in [0.05, 0.1) is 12.4 Å². The second-order valence-electron chi connectivity index (χ2n) is 5.69. The van der Waals surface area contributed by atoms with Gasteiger partial charge in [-0.3, -0.25) is 0 Å². The van der Waals surface area contributed by atoms with E-state index in [0.29, 0.717) is 6.54 Å². The standard InChI is InChI=1S/C18H28N4/c1-4-5-10-19-15(2)13-21-16(3)22-12-11-20-18-9-7-6-8-17(18)14-22/h6-9,19-21H,2-5,10-14H2,1H3. The molecule has 120 valence electrons. The second kappa shape index (κ2) is 8.37. The lowest BCUT2D eigenvalue weighted by molar-refractivity contribution is 0.332. The summed E-state index contributed by atoms with van der Waals surface area (Å²) in [7, 11) is 0. The molecular weight excluding hydrogens is 272 g/mol. The number of hydrogen-bond donors (Lipinski definition) is 3. The molecule has 0 saturated heterocycles. The highest BCUT2D eigenvalue weighted by atomic mass is 15.3. The van der Waals surface area contributed by atoms with E-state index >= 15 is 0 Å². The van der Waals surface area contributed by atoms with Gasteiger partial charge < -0.3 is 20.9 Å². The molecule has 0 spiro atoms. The van der Waals surface area contributed by atoms with Gasteiger partial charge in [-0.05, 0) is 18.1 Å². The number of nitrogens with one attached hydrogen (secondary N) is 3. The molecule has 0 saturated carbocycles. The van der Waals surface area contributed by atoms with E-state index in [1.807, 2.05) is 0 Å². The minimum absolute atomic E-state index is 0.716.